The van der Waals surface area contributed by atoms with E-state index in [1.54, 1.807) is 6.20 Å². The first-order valence-corrected chi connectivity index (χ1v) is 3.62. The Labute approximate surface area is 67.8 Å². The van der Waals surface area contributed by atoms with Crippen LogP contribution in [0.3, 0.4) is 0 Å². The van der Waals surface area contributed by atoms with Crippen LogP contribution in [-0.4, -0.2) is 12.0 Å². The van der Waals surface area contributed by atoms with Crippen molar-refractivity contribution in [1.29, 1.82) is 0 Å². The molecule has 0 spiro atoms. The summed E-state index contributed by atoms with van der Waals surface area (Å²) in [4.78, 5) is 3.94. The molecule has 0 unspecified atom stereocenters. The van der Waals surface area contributed by atoms with E-state index in [9.17, 15) is 0 Å². The molecule has 10 heavy (non-hydrogen) atoms. The monoisotopic (exact) mass is 201 g/mol. The predicted octanol–water partition coefficient (Wildman–Crippen LogP) is 1.47. The summed E-state index contributed by atoms with van der Waals surface area (Å²) in [6, 6.07) is 1.82. The quantitative estimate of drug-likeness (QED) is 0.678. The van der Waals surface area contributed by atoms with Crippen molar-refractivity contribution in [2.24, 2.45) is 0 Å². The smallest absolute Gasteiger partial charge is 0.131 e. The summed E-state index contributed by atoms with van der Waals surface area (Å²) >= 11 is 3.21. The van der Waals surface area contributed by atoms with E-state index in [0.29, 0.717) is 10.3 Å². The minimum atomic E-state index is 0.644. The highest BCUT2D eigenvalue weighted by molar-refractivity contribution is 9.10. The minimum absolute atomic E-state index is 0.644. The maximum absolute atomic E-state index is 5.62. The molecule has 0 aromatic carbocycles. The van der Waals surface area contributed by atoms with Gasteiger partial charge in [-0.15, -0.1) is 0 Å². The number of aromatic nitrogens is 1. The van der Waals surface area contributed by atoms with E-state index < -0.39 is 0 Å². The van der Waals surface area contributed by atoms with Gasteiger partial charge in [0.1, 0.15) is 4.60 Å². The molecule has 1 aromatic rings. The van der Waals surface area contributed by atoms with Crippen molar-refractivity contribution in [3.63, 3.8) is 0 Å². The fraction of sp³-hybridized carbons (Fsp3) is 0.167. The molecule has 0 aliphatic rings. The first-order valence-electron chi connectivity index (χ1n) is 2.83. The van der Waals surface area contributed by atoms with Crippen LogP contribution in [-0.2, 0) is 0 Å². The van der Waals surface area contributed by atoms with E-state index in [4.69, 9.17) is 5.73 Å². The Morgan fingerprint density at radius 1 is 1.70 bits per heavy atom. The van der Waals surface area contributed by atoms with Gasteiger partial charge < -0.3 is 11.1 Å². The van der Waals surface area contributed by atoms with Gasteiger partial charge in [-0.05, 0) is 22.0 Å². The molecule has 0 saturated carbocycles. The zero-order valence-electron chi connectivity index (χ0n) is 5.56. The molecule has 0 fully saturated rings. The Hall–Kier alpha value is -0.770. The lowest BCUT2D eigenvalue weighted by molar-refractivity contribution is 1.27. The molecule has 1 aromatic heterocycles. The van der Waals surface area contributed by atoms with Gasteiger partial charge in [0.15, 0.2) is 0 Å². The zero-order chi connectivity index (χ0) is 7.56. The molecule has 0 amide bonds. The van der Waals surface area contributed by atoms with Gasteiger partial charge in [-0.3, -0.25) is 0 Å². The van der Waals surface area contributed by atoms with Crippen molar-refractivity contribution in [3.8, 4) is 0 Å². The Morgan fingerprint density at radius 2 is 2.40 bits per heavy atom. The van der Waals surface area contributed by atoms with Crippen molar-refractivity contribution in [2.75, 3.05) is 18.1 Å². The first-order chi connectivity index (χ1) is 4.75. The number of nitrogen functional groups attached to an aromatic ring is 1. The van der Waals surface area contributed by atoms with Gasteiger partial charge in [0.2, 0.25) is 0 Å². The summed E-state index contributed by atoms with van der Waals surface area (Å²) in [5.41, 5.74) is 7.16. The predicted molar refractivity (Wildman–Crippen MR) is 45.9 cm³/mol. The third-order valence-electron chi connectivity index (χ3n) is 1.21. The van der Waals surface area contributed by atoms with E-state index >= 15 is 0 Å². The molecule has 1 heterocycles. The van der Waals surface area contributed by atoms with Crippen LogP contribution in [0, 0.1) is 0 Å². The number of anilines is 2. The average Bonchev–Trinajstić information content (AvgIpc) is 1.95. The minimum Gasteiger partial charge on any atom is -0.395 e. The Morgan fingerprint density at radius 3 is 2.90 bits per heavy atom. The van der Waals surface area contributed by atoms with Crippen molar-refractivity contribution >= 4 is 27.3 Å². The van der Waals surface area contributed by atoms with E-state index in [-0.39, 0.29) is 0 Å². The van der Waals surface area contributed by atoms with Crippen LogP contribution < -0.4 is 11.1 Å². The summed E-state index contributed by atoms with van der Waals surface area (Å²) in [6.07, 6.45) is 1.69. The Bertz CT molecular complexity index is 236. The molecule has 54 valence electrons. The largest absolute Gasteiger partial charge is 0.395 e. The molecule has 0 saturated heterocycles. The molecule has 0 aliphatic carbocycles. The van der Waals surface area contributed by atoms with Gasteiger partial charge in [-0.2, -0.15) is 0 Å². The SMILES string of the molecule is CNc1ccnc(Br)c1N. The fourth-order valence-corrected chi connectivity index (χ4v) is 0.997. The lowest BCUT2D eigenvalue weighted by atomic mass is 10.3. The standard InChI is InChI=1S/C6H8BrN3/c1-9-4-2-3-10-6(7)5(4)8/h2-3H,8H2,1H3,(H,9,10). The van der Waals surface area contributed by atoms with Crippen LogP contribution in [0.2, 0.25) is 0 Å². The summed E-state index contributed by atoms with van der Waals surface area (Å²) in [6.45, 7) is 0. The van der Waals surface area contributed by atoms with Crippen molar-refractivity contribution in [3.05, 3.63) is 16.9 Å². The number of nitrogens with two attached hydrogens (primary N) is 1. The molecule has 4 heteroatoms. The van der Waals surface area contributed by atoms with Crippen LogP contribution in [0.5, 0.6) is 0 Å². The Kier molecular flexibility index (Phi) is 2.11. The maximum Gasteiger partial charge on any atom is 0.131 e. The van der Waals surface area contributed by atoms with Gasteiger partial charge in [-0.25, -0.2) is 4.98 Å². The second-order valence-corrected chi connectivity index (χ2v) is 2.56. The van der Waals surface area contributed by atoms with Gasteiger partial charge in [-0.1, -0.05) is 0 Å². The second-order valence-electron chi connectivity index (χ2n) is 1.81. The van der Waals surface area contributed by atoms with Crippen LogP contribution in [0.1, 0.15) is 0 Å². The molecular formula is C6H8BrN3. The summed E-state index contributed by atoms with van der Waals surface area (Å²) in [7, 11) is 1.82. The van der Waals surface area contributed by atoms with Crippen LogP contribution >= 0.6 is 15.9 Å². The second kappa shape index (κ2) is 2.88. The van der Waals surface area contributed by atoms with E-state index in [2.05, 4.69) is 26.2 Å². The van der Waals surface area contributed by atoms with Gasteiger partial charge >= 0.3 is 0 Å². The average molecular weight is 202 g/mol. The molecule has 3 N–H and O–H groups in total. The van der Waals surface area contributed by atoms with Gasteiger partial charge in [0, 0.05) is 13.2 Å². The number of hydrogen-bond donors (Lipinski definition) is 2. The van der Waals surface area contributed by atoms with E-state index in [0.717, 1.165) is 5.69 Å². The summed E-state index contributed by atoms with van der Waals surface area (Å²) < 4.78 is 0.680. The third-order valence-corrected chi connectivity index (χ3v) is 1.84. The zero-order valence-corrected chi connectivity index (χ0v) is 7.14. The van der Waals surface area contributed by atoms with Gasteiger partial charge in [0.05, 0.1) is 11.4 Å². The third kappa shape index (κ3) is 1.21. The van der Waals surface area contributed by atoms with Crippen LogP contribution in [0.4, 0.5) is 11.4 Å². The van der Waals surface area contributed by atoms with Crippen molar-refractivity contribution < 1.29 is 0 Å². The molecule has 3 nitrogen and oxygen atoms in total. The first kappa shape index (κ1) is 7.34. The molecular weight excluding hydrogens is 194 g/mol. The number of pyridine rings is 1. The summed E-state index contributed by atoms with van der Waals surface area (Å²) in [5.74, 6) is 0. The number of nitrogens with one attached hydrogen (secondary N) is 1. The summed E-state index contributed by atoms with van der Waals surface area (Å²) in [5, 5.41) is 2.94. The lowest BCUT2D eigenvalue weighted by Gasteiger charge is -2.03. The van der Waals surface area contributed by atoms with E-state index in [1.165, 1.54) is 0 Å². The molecule has 1 rings (SSSR count). The number of nitrogens with zero attached hydrogens (tertiary/aromatic N) is 1. The van der Waals surface area contributed by atoms with Gasteiger partial charge in [0.25, 0.3) is 0 Å². The van der Waals surface area contributed by atoms with Crippen molar-refractivity contribution in [2.45, 2.75) is 0 Å². The number of hydrogen-bond acceptors (Lipinski definition) is 3. The topological polar surface area (TPSA) is 50.9 Å². The van der Waals surface area contributed by atoms with Crippen molar-refractivity contribution in [1.82, 2.24) is 4.98 Å². The number of halogens is 1. The normalized spacial score (nSPS) is 9.40. The van der Waals surface area contributed by atoms with Crippen LogP contribution in [0.25, 0.3) is 0 Å². The highest BCUT2D eigenvalue weighted by Gasteiger charge is 1.99. The number of rotatable bonds is 1. The fourth-order valence-electron chi connectivity index (χ4n) is 0.666. The van der Waals surface area contributed by atoms with Crippen LogP contribution in [0.15, 0.2) is 16.9 Å². The maximum atomic E-state index is 5.62. The molecule has 0 bridgehead atoms. The highest BCUT2D eigenvalue weighted by atomic mass is 79.9. The molecule has 0 atom stereocenters. The molecule has 0 aliphatic heterocycles. The Balaban J connectivity index is 3.14. The molecule has 0 radical (unpaired) electrons. The lowest BCUT2D eigenvalue weighted by Crippen LogP contribution is -1.97. The highest BCUT2D eigenvalue weighted by Crippen LogP contribution is 2.23. The van der Waals surface area contributed by atoms with E-state index in [1.807, 2.05) is 13.1 Å².